The molecular weight excluding hydrogens is 438 g/mol. The molecule has 0 spiro atoms. The van der Waals surface area contributed by atoms with Crippen LogP contribution in [0.25, 0.3) is 21.3 Å². The maximum absolute atomic E-state index is 13.0. The summed E-state index contributed by atoms with van der Waals surface area (Å²) in [4.78, 5) is 21.7. The SMILES string of the molecule is CCOC(=O)c1sc2ncc(S(=O)(=O)Nc3cnc4c(cnn4C(C)C)c3)cc2c1C. The predicted octanol–water partition coefficient (Wildman–Crippen LogP) is 3.91. The van der Waals surface area contributed by atoms with Crippen molar-refractivity contribution in [2.24, 2.45) is 0 Å². The summed E-state index contributed by atoms with van der Waals surface area (Å²) in [6.45, 7) is 7.73. The number of anilines is 1. The van der Waals surface area contributed by atoms with Gasteiger partial charge in [0.05, 0.1) is 24.7 Å². The summed E-state index contributed by atoms with van der Waals surface area (Å²) < 4.78 is 35.3. The molecule has 4 aromatic rings. The summed E-state index contributed by atoms with van der Waals surface area (Å²) in [5.41, 5.74) is 1.65. The van der Waals surface area contributed by atoms with Crippen LogP contribution in [0.4, 0.5) is 5.69 Å². The van der Waals surface area contributed by atoms with Gasteiger partial charge >= 0.3 is 5.97 Å². The maximum atomic E-state index is 13.0. The molecule has 4 heterocycles. The highest BCUT2D eigenvalue weighted by atomic mass is 32.2. The van der Waals surface area contributed by atoms with E-state index in [1.807, 2.05) is 13.8 Å². The van der Waals surface area contributed by atoms with Crippen LogP contribution in [-0.2, 0) is 14.8 Å². The molecule has 162 valence electrons. The number of esters is 1. The highest BCUT2D eigenvalue weighted by molar-refractivity contribution is 7.92. The zero-order valence-corrected chi connectivity index (χ0v) is 19.0. The van der Waals surface area contributed by atoms with Crippen LogP contribution in [0, 0.1) is 6.92 Å². The Bertz CT molecular complexity index is 1410. The van der Waals surface area contributed by atoms with Gasteiger partial charge in [-0.25, -0.2) is 27.9 Å². The topological polar surface area (TPSA) is 116 Å². The third-order valence-electron chi connectivity index (χ3n) is 4.72. The summed E-state index contributed by atoms with van der Waals surface area (Å²) in [6.07, 6.45) is 4.39. The van der Waals surface area contributed by atoms with Gasteiger partial charge in [0.2, 0.25) is 0 Å². The minimum atomic E-state index is -3.91. The van der Waals surface area contributed by atoms with Crippen molar-refractivity contribution in [1.29, 1.82) is 0 Å². The molecule has 0 aliphatic rings. The molecule has 1 N–H and O–H groups in total. The van der Waals surface area contributed by atoms with Gasteiger partial charge in [-0.15, -0.1) is 11.3 Å². The minimum absolute atomic E-state index is 0.00530. The fourth-order valence-corrected chi connectivity index (χ4v) is 5.24. The second-order valence-corrected chi connectivity index (χ2v) is 9.91. The average molecular weight is 460 g/mol. The van der Waals surface area contributed by atoms with E-state index in [1.54, 1.807) is 30.8 Å². The van der Waals surface area contributed by atoms with Gasteiger partial charge in [0.15, 0.2) is 5.65 Å². The van der Waals surface area contributed by atoms with E-state index >= 15 is 0 Å². The van der Waals surface area contributed by atoms with E-state index in [4.69, 9.17) is 4.74 Å². The number of ether oxygens (including phenoxy) is 1. The lowest BCUT2D eigenvalue weighted by molar-refractivity contribution is 0.0531. The molecule has 0 saturated carbocycles. The van der Waals surface area contributed by atoms with Gasteiger partial charge in [-0.3, -0.25) is 4.72 Å². The first-order valence-electron chi connectivity index (χ1n) is 9.63. The Kier molecular flexibility index (Phi) is 5.40. The molecule has 11 heteroatoms. The van der Waals surface area contributed by atoms with Crippen LogP contribution in [0.1, 0.15) is 42.0 Å². The van der Waals surface area contributed by atoms with Crippen LogP contribution in [0.15, 0.2) is 35.6 Å². The number of carbonyl (C=O) groups excluding carboxylic acids is 1. The normalized spacial score (nSPS) is 12.0. The molecule has 0 fully saturated rings. The monoisotopic (exact) mass is 459 g/mol. The summed E-state index contributed by atoms with van der Waals surface area (Å²) in [7, 11) is -3.91. The number of aromatic nitrogens is 4. The zero-order chi connectivity index (χ0) is 22.3. The molecule has 31 heavy (non-hydrogen) atoms. The van der Waals surface area contributed by atoms with Gasteiger partial charge < -0.3 is 4.74 Å². The number of rotatable bonds is 6. The second kappa shape index (κ2) is 7.89. The van der Waals surface area contributed by atoms with Gasteiger partial charge in [0, 0.05) is 23.0 Å². The molecule has 0 atom stereocenters. The highest BCUT2D eigenvalue weighted by Crippen LogP contribution is 2.32. The number of nitrogens with zero attached hydrogens (tertiary/aromatic N) is 4. The molecule has 0 amide bonds. The van der Waals surface area contributed by atoms with Crippen molar-refractivity contribution in [3.8, 4) is 0 Å². The van der Waals surface area contributed by atoms with Gasteiger partial charge in [0.1, 0.15) is 14.6 Å². The molecule has 0 aliphatic carbocycles. The number of carbonyl (C=O) groups is 1. The van der Waals surface area contributed by atoms with E-state index in [0.717, 1.165) is 5.39 Å². The Morgan fingerprint density at radius 3 is 2.71 bits per heavy atom. The first-order chi connectivity index (χ1) is 14.7. The summed E-state index contributed by atoms with van der Waals surface area (Å²) in [6, 6.07) is 3.34. The van der Waals surface area contributed by atoms with Gasteiger partial charge in [-0.1, -0.05) is 0 Å². The lowest BCUT2D eigenvalue weighted by atomic mass is 10.2. The minimum Gasteiger partial charge on any atom is -0.462 e. The van der Waals surface area contributed by atoms with E-state index in [2.05, 4.69) is 19.8 Å². The maximum Gasteiger partial charge on any atom is 0.348 e. The fourth-order valence-electron chi connectivity index (χ4n) is 3.20. The van der Waals surface area contributed by atoms with Gasteiger partial charge in [-0.05, 0) is 45.4 Å². The van der Waals surface area contributed by atoms with Crippen LogP contribution in [0.2, 0.25) is 0 Å². The van der Waals surface area contributed by atoms with Crippen molar-refractivity contribution >= 4 is 54.3 Å². The third kappa shape index (κ3) is 3.86. The number of hydrogen-bond donors (Lipinski definition) is 1. The third-order valence-corrected chi connectivity index (χ3v) is 7.26. The molecule has 4 aromatic heterocycles. The van der Waals surface area contributed by atoms with Crippen LogP contribution >= 0.6 is 11.3 Å². The van der Waals surface area contributed by atoms with E-state index in [0.29, 0.717) is 32.0 Å². The number of sulfonamides is 1. The number of aryl methyl sites for hydroxylation is 1. The van der Waals surface area contributed by atoms with Crippen molar-refractivity contribution in [1.82, 2.24) is 19.7 Å². The van der Waals surface area contributed by atoms with E-state index < -0.39 is 16.0 Å². The Labute approximate surface area is 183 Å². The molecule has 0 unspecified atom stereocenters. The Hall–Kier alpha value is -3.05. The quantitative estimate of drug-likeness (QED) is 0.435. The summed E-state index contributed by atoms with van der Waals surface area (Å²) in [5, 5.41) is 5.63. The molecule has 0 aliphatic heterocycles. The van der Waals surface area contributed by atoms with Crippen LogP contribution in [-0.4, -0.2) is 40.7 Å². The molecule has 4 rings (SSSR count). The number of fused-ring (bicyclic) bond motifs is 2. The van der Waals surface area contributed by atoms with Crippen molar-refractivity contribution in [2.75, 3.05) is 11.3 Å². The number of hydrogen-bond acceptors (Lipinski definition) is 8. The van der Waals surface area contributed by atoms with Gasteiger partial charge in [-0.2, -0.15) is 5.10 Å². The molecule has 0 radical (unpaired) electrons. The lowest BCUT2D eigenvalue weighted by Crippen LogP contribution is -2.13. The molecule has 0 bridgehead atoms. The van der Waals surface area contributed by atoms with Crippen molar-refractivity contribution in [3.05, 3.63) is 41.2 Å². The Morgan fingerprint density at radius 1 is 1.23 bits per heavy atom. The first kappa shape index (κ1) is 21.2. The zero-order valence-electron chi connectivity index (χ0n) is 17.4. The molecule has 9 nitrogen and oxygen atoms in total. The van der Waals surface area contributed by atoms with E-state index in [1.165, 1.54) is 29.8 Å². The first-order valence-corrected chi connectivity index (χ1v) is 11.9. The van der Waals surface area contributed by atoms with E-state index in [-0.39, 0.29) is 17.5 Å². The lowest BCUT2D eigenvalue weighted by Gasteiger charge is -2.09. The number of thiophene rings is 1. The largest absolute Gasteiger partial charge is 0.462 e. The van der Waals surface area contributed by atoms with E-state index in [9.17, 15) is 13.2 Å². The van der Waals surface area contributed by atoms with Crippen LogP contribution in [0.5, 0.6) is 0 Å². The summed E-state index contributed by atoms with van der Waals surface area (Å²) >= 11 is 1.18. The smallest absolute Gasteiger partial charge is 0.348 e. The van der Waals surface area contributed by atoms with Crippen molar-refractivity contribution < 1.29 is 17.9 Å². The summed E-state index contributed by atoms with van der Waals surface area (Å²) in [5.74, 6) is -0.438. The average Bonchev–Trinajstić information content (AvgIpc) is 3.28. The van der Waals surface area contributed by atoms with Crippen molar-refractivity contribution in [3.63, 3.8) is 0 Å². The van der Waals surface area contributed by atoms with Crippen LogP contribution in [0.3, 0.4) is 0 Å². The predicted molar refractivity (Wildman–Crippen MR) is 119 cm³/mol. The van der Waals surface area contributed by atoms with Crippen LogP contribution < -0.4 is 4.72 Å². The Morgan fingerprint density at radius 2 is 2.00 bits per heavy atom. The number of nitrogens with one attached hydrogen (secondary N) is 1. The molecular formula is C20H21N5O4S2. The molecule has 0 aromatic carbocycles. The molecule has 0 saturated heterocycles. The van der Waals surface area contributed by atoms with Gasteiger partial charge in [0.25, 0.3) is 10.0 Å². The highest BCUT2D eigenvalue weighted by Gasteiger charge is 2.21. The fraction of sp³-hybridized carbons (Fsp3) is 0.300. The Balaban J connectivity index is 1.67. The van der Waals surface area contributed by atoms with Crippen molar-refractivity contribution in [2.45, 2.75) is 38.6 Å². The second-order valence-electron chi connectivity index (χ2n) is 7.23. The standard InChI is InChI=1S/C20H21N5O4S2/c1-5-29-20(26)17-12(4)16-7-15(10-22-19(16)30-17)31(27,28)24-14-6-13-8-23-25(11(2)3)18(13)21-9-14/h6-11,24H,5H2,1-4H3. The number of pyridine rings is 2.